The van der Waals surface area contributed by atoms with Crippen molar-refractivity contribution in [1.82, 2.24) is 10.2 Å². The highest BCUT2D eigenvalue weighted by Crippen LogP contribution is 2.30. The van der Waals surface area contributed by atoms with Gasteiger partial charge in [0.15, 0.2) is 0 Å². The zero-order valence-electron chi connectivity index (χ0n) is 15.5. The van der Waals surface area contributed by atoms with Crippen LogP contribution < -0.4 is 11.1 Å². The van der Waals surface area contributed by atoms with E-state index >= 15 is 0 Å². The van der Waals surface area contributed by atoms with E-state index in [0.29, 0.717) is 25.1 Å². The number of anilines is 1. The second-order valence-corrected chi connectivity index (χ2v) is 6.95. The number of benzene rings is 2. The first-order chi connectivity index (χ1) is 12.5. The van der Waals surface area contributed by atoms with E-state index in [1.165, 1.54) is 0 Å². The Kier molecular flexibility index (Phi) is 6.86. The van der Waals surface area contributed by atoms with E-state index in [2.05, 4.69) is 5.32 Å². The van der Waals surface area contributed by atoms with Gasteiger partial charge in [-0.3, -0.25) is 9.59 Å². The summed E-state index contributed by atoms with van der Waals surface area (Å²) in [7, 11) is 0. The molecule has 3 N–H and O–H groups in total. The van der Waals surface area contributed by atoms with E-state index in [1.54, 1.807) is 17.0 Å². The standard InChI is InChI=1S/C21H25N3O2.ClH/c1-21(20(26)23-14-12-16-8-10-18(22)11-9-16)13-5-15-24(21)19(25)17-6-3-2-4-7-17;/h2-4,6-11H,5,12-15,22H2,1H3,(H,23,26);1H. The molecular formula is C21H26ClN3O2. The van der Waals surface area contributed by atoms with Gasteiger partial charge in [0, 0.05) is 24.3 Å². The van der Waals surface area contributed by atoms with Crippen molar-refractivity contribution in [2.75, 3.05) is 18.8 Å². The quantitative estimate of drug-likeness (QED) is 0.774. The first kappa shape index (κ1) is 20.8. The minimum absolute atomic E-state index is 0. The minimum Gasteiger partial charge on any atom is -0.399 e. The lowest BCUT2D eigenvalue weighted by Crippen LogP contribution is -2.55. The van der Waals surface area contributed by atoms with Crippen LogP contribution in [0.25, 0.3) is 0 Å². The Morgan fingerprint density at radius 1 is 1.11 bits per heavy atom. The van der Waals surface area contributed by atoms with Crippen molar-refractivity contribution in [3.63, 3.8) is 0 Å². The summed E-state index contributed by atoms with van der Waals surface area (Å²) in [6, 6.07) is 16.8. The van der Waals surface area contributed by atoms with E-state index < -0.39 is 5.54 Å². The molecule has 0 spiro atoms. The van der Waals surface area contributed by atoms with Gasteiger partial charge in [-0.05, 0) is 56.0 Å². The van der Waals surface area contributed by atoms with E-state index in [9.17, 15) is 9.59 Å². The Hall–Kier alpha value is -2.53. The van der Waals surface area contributed by atoms with Gasteiger partial charge in [0.05, 0.1) is 0 Å². The molecule has 1 unspecified atom stereocenters. The van der Waals surface area contributed by atoms with Crippen molar-refractivity contribution in [1.29, 1.82) is 0 Å². The molecule has 2 amide bonds. The highest BCUT2D eigenvalue weighted by molar-refractivity contribution is 5.99. The van der Waals surface area contributed by atoms with E-state index in [1.807, 2.05) is 49.4 Å². The number of carbonyl (C=O) groups is 2. The maximum Gasteiger partial charge on any atom is 0.254 e. The van der Waals surface area contributed by atoms with Crippen LogP contribution in [0.2, 0.25) is 0 Å². The summed E-state index contributed by atoms with van der Waals surface area (Å²) >= 11 is 0. The van der Waals surface area contributed by atoms with Crippen LogP contribution in [0.4, 0.5) is 5.69 Å². The number of nitrogens with two attached hydrogens (primary N) is 1. The fraction of sp³-hybridized carbons (Fsp3) is 0.333. The maximum atomic E-state index is 12.8. The molecule has 6 heteroatoms. The number of nitrogens with one attached hydrogen (secondary N) is 1. The second-order valence-electron chi connectivity index (χ2n) is 6.95. The SMILES string of the molecule is CC1(C(=O)NCCc2ccc(N)cc2)CCCN1C(=O)c1ccccc1.Cl. The molecule has 0 saturated carbocycles. The fourth-order valence-corrected chi connectivity index (χ4v) is 3.46. The Balaban J connectivity index is 0.00000261. The zero-order valence-corrected chi connectivity index (χ0v) is 16.3. The molecule has 1 aliphatic rings. The van der Waals surface area contributed by atoms with Crippen molar-refractivity contribution in [3.05, 3.63) is 65.7 Å². The maximum absolute atomic E-state index is 12.8. The molecule has 0 aliphatic carbocycles. The monoisotopic (exact) mass is 387 g/mol. The van der Waals surface area contributed by atoms with Gasteiger partial charge >= 0.3 is 0 Å². The zero-order chi connectivity index (χ0) is 18.6. The molecule has 5 nitrogen and oxygen atoms in total. The van der Waals surface area contributed by atoms with Gasteiger partial charge in [-0.25, -0.2) is 0 Å². The van der Waals surface area contributed by atoms with Crippen molar-refractivity contribution in [2.45, 2.75) is 31.7 Å². The summed E-state index contributed by atoms with van der Waals surface area (Å²) in [6.45, 7) is 3.00. The molecule has 2 aromatic carbocycles. The van der Waals surface area contributed by atoms with Gasteiger partial charge in [-0.1, -0.05) is 30.3 Å². The van der Waals surface area contributed by atoms with E-state index in [4.69, 9.17) is 5.73 Å². The Morgan fingerprint density at radius 3 is 2.44 bits per heavy atom. The fourth-order valence-electron chi connectivity index (χ4n) is 3.46. The first-order valence-corrected chi connectivity index (χ1v) is 9.00. The van der Waals surface area contributed by atoms with E-state index in [-0.39, 0.29) is 24.2 Å². The van der Waals surface area contributed by atoms with Gasteiger partial charge in [-0.2, -0.15) is 0 Å². The molecule has 0 bridgehead atoms. The summed E-state index contributed by atoms with van der Waals surface area (Å²) in [5, 5.41) is 3.00. The number of amides is 2. The van der Waals surface area contributed by atoms with Crippen LogP contribution in [0, 0.1) is 0 Å². The van der Waals surface area contributed by atoms with Gasteiger partial charge in [-0.15, -0.1) is 12.4 Å². The molecule has 27 heavy (non-hydrogen) atoms. The summed E-state index contributed by atoms with van der Waals surface area (Å²) in [5.74, 6) is -0.172. The number of rotatable bonds is 5. The summed E-state index contributed by atoms with van der Waals surface area (Å²) in [4.78, 5) is 27.4. The third kappa shape index (κ3) is 4.61. The number of likely N-dealkylation sites (tertiary alicyclic amines) is 1. The Bertz CT molecular complexity index is 780. The lowest BCUT2D eigenvalue weighted by molar-refractivity contribution is -0.129. The number of hydrogen-bond donors (Lipinski definition) is 2. The number of hydrogen-bond acceptors (Lipinski definition) is 3. The van der Waals surface area contributed by atoms with Crippen molar-refractivity contribution >= 4 is 29.9 Å². The molecule has 1 saturated heterocycles. The predicted molar refractivity (Wildman–Crippen MR) is 110 cm³/mol. The van der Waals surface area contributed by atoms with Crippen LogP contribution in [-0.4, -0.2) is 35.3 Å². The average Bonchev–Trinajstić information content (AvgIpc) is 3.06. The lowest BCUT2D eigenvalue weighted by atomic mass is 9.96. The number of nitrogens with zero attached hydrogens (tertiary/aromatic N) is 1. The third-order valence-corrected chi connectivity index (χ3v) is 5.08. The normalized spacial score (nSPS) is 18.6. The van der Waals surface area contributed by atoms with Crippen molar-refractivity contribution in [3.8, 4) is 0 Å². The third-order valence-electron chi connectivity index (χ3n) is 5.08. The molecule has 0 radical (unpaired) electrons. The smallest absolute Gasteiger partial charge is 0.254 e. The van der Waals surface area contributed by atoms with Gasteiger partial charge in [0.2, 0.25) is 5.91 Å². The molecule has 3 rings (SSSR count). The largest absolute Gasteiger partial charge is 0.399 e. The summed E-state index contributed by atoms with van der Waals surface area (Å²) in [5.41, 5.74) is 7.36. The molecule has 144 valence electrons. The van der Waals surface area contributed by atoms with Crippen LogP contribution in [-0.2, 0) is 11.2 Å². The molecule has 1 atom stereocenters. The number of carbonyl (C=O) groups excluding carboxylic acids is 2. The van der Waals surface area contributed by atoms with Crippen molar-refractivity contribution in [2.24, 2.45) is 0 Å². The van der Waals surface area contributed by atoms with Crippen LogP contribution in [0.1, 0.15) is 35.7 Å². The predicted octanol–water partition coefficient (Wildman–Crippen LogP) is 3.04. The average molecular weight is 388 g/mol. The molecule has 1 fully saturated rings. The van der Waals surface area contributed by atoms with Gasteiger partial charge in [0.1, 0.15) is 5.54 Å². The topological polar surface area (TPSA) is 75.4 Å². The Morgan fingerprint density at radius 2 is 1.78 bits per heavy atom. The minimum atomic E-state index is -0.798. The summed E-state index contributed by atoms with van der Waals surface area (Å²) in [6.07, 6.45) is 2.24. The Labute approximate surface area is 166 Å². The number of nitrogen functional groups attached to an aromatic ring is 1. The number of halogens is 1. The van der Waals surface area contributed by atoms with Gasteiger partial charge in [0.25, 0.3) is 5.91 Å². The highest BCUT2D eigenvalue weighted by atomic mass is 35.5. The molecule has 2 aromatic rings. The molecule has 1 heterocycles. The van der Waals surface area contributed by atoms with Crippen molar-refractivity contribution < 1.29 is 9.59 Å². The van der Waals surface area contributed by atoms with E-state index in [0.717, 1.165) is 24.1 Å². The van der Waals surface area contributed by atoms with Crippen LogP contribution in [0.3, 0.4) is 0 Å². The summed E-state index contributed by atoms with van der Waals surface area (Å²) < 4.78 is 0. The molecular weight excluding hydrogens is 362 g/mol. The van der Waals surface area contributed by atoms with Crippen LogP contribution in [0.5, 0.6) is 0 Å². The lowest BCUT2D eigenvalue weighted by Gasteiger charge is -2.34. The van der Waals surface area contributed by atoms with Gasteiger partial charge < -0.3 is 16.0 Å². The highest BCUT2D eigenvalue weighted by Gasteiger charge is 2.45. The van der Waals surface area contributed by atoms with Crippen LogP contribution >= 0.6 is 12.4 Å². The second kappa shape index (κ2) is 8.91. The van der Waals surface area contributed by atoms with Crippen LogP contribution in [0.15, 0.2) is 54.6 Å². The first-order valence-electron chi connectivity index (χ1n) is 9.00. The molecule has 1 aliphatic heterocycles. The molecule has 0 aromatic heterocycles.